The summed E-state index contributed by atoms with van der Waals surface area (Å²) in [7, 11) is -1.51. The maximum Gasteiger partial charge on any atom is 0.343 e. The van der Waals surface area contributed by atoms with E-state index < -0.39 is 16.0 Å². The fourth-order valence-electron chi connectivity index (χ4n) is 2.97. The topological polar surface area (TPSA) is 105 Å². The summed E-state index contributed by atoms with van der Waals surface area (Å²) in [5, 5.41) is 3.08. The highest BCUT2D eigenvalue weighted by Crippen LogP contribution is 2.19. The molecular weight excluding hydrogens is 394 g/mol. The minimum absolute atomic E-state index is 0.253. The third-order valence-electron chi connectivity index (χ3n) is 4.69. The van der Waals surface area contributed by atoms with Gasteiger partial charge in [-0.1, -0.05) is 12.1 Å². The number of likely N-dealkylation sites (N-methyl/N-ethyl adjacent to an activating group) is 1. The van der Waals surface area contributed by atoms with Crippen molar-refractivity contribution >= 4 is 21.8 Å². The van der Waals surface area contributed by atoms with E-state index in [2.05, 4.69) is 20.2 Å². The summed E-state index contributed by atoms with van der Waals surface area (Å²) in [6.07, 6.45) is 2.75. The summed E-state index contributed by atoms with van der Waals surface area (Å²) >= 11 is 0. The van der Waals surface area contributed by atoms with E-state index in [1.165, 1.54) is 16.8 Å². The van der Waals surface area contributed by atoms with Crippen molar-refractivity contribution in [1.29, 1.82) is 0 Å². The van der Waals surface area contributed by atoms with E-state index in [-0.39, 0.29) is 17.1 Å². The van der Waals surface area contributed by atoms with Gasteiger partial charge in [-0.25, -0.2) is 23.2 Å². The van der Waals surface area contributed by atoms with Crippen LogP contribution >= 0.6 is 0 Å². The van der Waals surface area contributed by atoms with Gasteiger partial charge in [-0.3, -0.25) is 0 Å². The van der Waals surface area contributed by atoms with E-state index in [4.69, 9.17) is 4.74 Å². The van der Waals surface area contributed by atoms with Crippen LogP contribution in [0.2, 0.25) is 0 Å². The third-order valence-corrected chi connectivity index (χ3v) is 6.60. The number of hydrogen-bond donors (Lipinski definition) is 1. The number of benzene rings is 1. The molecule has 10 heteroatoms. The average molecular weight is 420 g/mol. The van der Waals surface area contributed by atoms with Gasteiger partial charge in [0, 0.05) is 38.9 Å². The van der Waals surface area contributed by atoms with Gasteiger partial charge >= 0.3 is 5.97 Å². The molecule has 0 unspecified atom stereocenters. The quantitative estimate of drug-likeness (QED) is 0.668. The maximum atomic E-state index is 12.8. The van der Waals surface area contributed by atoms with Crippen molar-refractivity contribution < 1.29 is 17.9 Å². The Hall–Kier alpha value is -2.56. The molecule has 1 aromatic carbocycles. The van der Waals surface area contributed by atoms with Gasteiger partial charge in [0.2, 0.25) is 10.0 Å². The summed E-state index contributed by atoms with van der Waals surface area (Å²) in [6, 6.07) is 6.72. The van der Waals surface area contributed by atoms with Crippen LogP contribution in [0.15, 0.2) is 41.7 Å². The van der Waals surface area contributed by atoms with E-state index in [0.717, 1.165) is 18.7 Å². The molecule has 0 atom stereocenters. The predicted molar refractivity (Wildman–Crippen MR) is 108 cm³/mol. The normalized spacial score (nSPS) is 15.8. The molecule has 1 saturated heterocycles. The maximum absolute atomic E-state index is 12.8. The zero-order valence-electron chi connectivity index (χ0n) is 16.5. The van der Waals surface area contributed by atoms with Crippen LogP contribution < -0.4 is 5.32 Å². The second-order valence-corrected chi connectivity index (χ2v) is 8.65. The number of hydrogen-bond acceptors (Lipinski definition) is 8. The zero-order valence-corrected chi connectivity index (χ0v) is 17.4. The first kappa shape index (κ1) is 21.2. The highest BCUT2D eigenvalue weighted by molar-refractivity contribution is 7.89. The van der Waals surface area contributed by atoms with E-state index in [0.29, 0.717) is 25.5 Å². The predicted octanol–water partition coefficient (Wildman–Crippen LogP) is 1.20. The molecule has 9 nitrogen and oxygen atoms in total. The molecule has 0 radical (unpaired) electrons. The highest BCUT2D eigenvalue weighted by atomic mass is 32.2. The largest absolute Gasteiger partial charge is 0.462 e. The third kappa shape index (κ3) is 5.08. The Labute approximate surface area is 170 Å². The van der Waals surface area contributed by atoms with Crippen molar-refractivity contribution in [2.24, 2.45) is 0 Å². The molecule has 0 amide bonds. The monoisotopic (exact) mass is 419 g/mol. The van der Waals surface area contributed by atoms with Crippen LogP contribution in [0, 0.1) is 0 Å². The van der Waals surface area contributed by atoms with Crippen molar-refractivity contribution in [1.82, 2.24) is 19.2 Å². The SMILES string of the molecule is CCOC(=O)c1cncnc1NCc1ccc(S(=O)(=O)N2CCN(C)CC2)cc1. The van der Waals surface area contributed by atoms with Gasteiger partial charge < -0.3 is 15.0 Å². The number of piperazine rings is 1. The first-order valence-corrected chi connectivity index (χ1v) is 10.8. The molecule has 1 aliphatic heterocycles. The average Bonchev–Trinajstić information content (AvgIpc) is 2.73. The summed E-state index contributed by atoms with van der Waals surface area (Å²) in [5.74, 6) is -0.128. The molecule has 156 valence electrons. The number of ether oxygens (including phenoxy) is 1. The van der Waals surface area contributed by atoms with Gasteiger partial charge in [0.05, 0.1) is 11.5 Å². The van der Waals surface area contributed by atoms with Crippen molar-refractivity contribution in [2.45, 2.75) is 18.4 Å². The van der Waals surface area contributed by atoms with Crippen LogP contribution in [0.1, 0.15) is 22.8 Å². The van der Waals surface area contributed by atoms with Crippen LogP contribution in [-0.2, 0) is 21.3 Å². The number of sulfonamides is 1. The Morgan fingerprint density at radius 1 is 1.17 bits per heavy atom. The van der Waals surface area contributed by atoms with Gasteiger partial charge in [-0.15, -0.1) is 0 Å². The number of rotatable bonds is 7. The molecule has 1 fully saturated rings. The molecule has 0 bridgehead atoms. The molecule has 2 aromatic rings. The highest BCUT2D eigenvalue weighted by Gasteiger charge is 2.27. The van der Waals surface area contributed by atoms with Gasteiger partial charge in [0.15, 0.2) is 0 Å². The number of carbonyl (C=O) groups is 1. The summed E-state index contributed by atoms with van der Waals surface area (Å²) in [6.45, 7) is 4.80. The Kier molecular flexibility index (Phi) is 6.78. The van der Waals surface area contributed by atoms with Crippen molar-refractivity contribution in [3.63, 3.8) is 0 Å². The molecule has 1 N–H and O–H groups in total. The molecule has 2 heterocycles. The summed E-state index contributed by atoms with van der Waals surface area (Å²) < 4.78 is 32.1. The minimum Gasteiger partial charge on any atom is -0.462 e. The second-order valence-electron chi connectivity index (χ2n) is 6.71. The van der Waals surface area contributed by atoms with E-state index in [1.54, 1.807) is 31.2 Å². The molecule has 1 aliphatic rings. The minimum atomic E-state index is -3.49. The van der Waals surface area contributed by atoms with Crippen molar-refractivity contribution in [3.05, 3.63) is 47.9 Å². The Balaban J connectivity index is 1.67. The van der Waals surface area contributed by atoms with Crippen molar-refractivity contribution in [3.8, 4) is 0 Å². The Morgan fingerprint density at radius 3 is 2.52 bits per heavy atom. The molecule has 29 heavy (non-hydrogen) atoms. The number of anilines is 1. The number of esters is 1. The molecule has 3 rings (SSSR count). The second kappa shape index (κ2) is 9.29. The van der Waals surface area contributed by atoms with Crippen LogP contribution in [0.5, 0.6) is 0 Å². The van der Waals surface area contributed by atoms with Gasteiger partial charge in [-0.05, 0) is 31.7 Å². The Bertz CT molecular complexity index is 941. The molecule has 1 aromatic heterocycles. The standard InChI is InChI=1S/C19H25N5O4S/c1-3-28-19(25)17-13-20-14-22-18(17)21-12-15-4-6-16(7-5-15)29(26,27)24-10-8-23(2)9-11-24/h4-7,13-14H,3,8-12H2,1-2H3,(H,20,21,22). The van der Waals surface area contributed by atoms with Gasteiger partial charge in [-0.2, -0.15) is 4.31 Å². The van der Waals surface area contributed by atoms with Crippen molar-refractivity contribution in [2.75, 3.05) is 45.2 Å². The number of aromatic nitrogens is 2. The van der Waals surface area contributed by atoms with Gasteiger partial charge in [0.25, 0.3) is 0 Å². The molecule has 0 saturated carbocycles. The lowest BCUT2D eigenvalue weighted by molar-refractivity contribution is 0.0526. The van der Waals surface area contributed by atoms with Crippen LogP contribution in [0.3, 0.4) is 0 Å². The number of nitrogens with one attached hydrogen (secondary N) is 1. The lowest BCUT2D eigenvalue weighted by Crippen LogP contribution is -2.46. The molecule has 0 aliphatic carbocycles. The number of nitrogens with zero attached hydrogens (tertiary/aromatic N) is 4. The fraction of sp³-hybridized carbons (Fsp3) is 0.421. The fourth-order valence-corrected chi connectivity index (χ4v) is 4.39. The van der Waals surface area contributed by atoms with Crippen LogP contribution in [0.4, 0.5) is 5.82 Å². The lowest BCUT2D eigenvalue weighted by atomic mass is 10.2. The molecular formula is C19H25N5O4S. The van der Waals surface area contributed by atoms with Crippen LogP contribution in [0.25, 0.3) is 0 Å². The van der Waals surface area contributed by atoms with Crippen LogP contribution in [-0.4, -0.2) is 73.4 Å². The smallest absolute Gasteiger partial charge is 0.343 e. The lowest BCUT2D eigenvalue weighted by Gasteiger charge is -2.31. The van der Waals surface area contributed by atoms with E-state index in [9.17, 15) is 13.2 Å². The zero-order chi connectivity index (χ0) is 20.9. The summed E-state index contributed by atoms with van der Waals surface area (Å²) in [5.41, 5.74) is 1.11. The Morgan fingerprint density at radius 2 is 1.86 bits per heavy atom. The number of carbonyl (C=O) groups excluding carboxylic acids is 1. The van der Waals surface area contributed by atoms with E-state index >= 15 is 0 Å². The first-order valence-electron chi connectivity index (χ1n) is 9.40. The molecule has 0 spiro atoms. The summed E-state index contributed by atoms with van der Waals surface area (Å²) in [4.78, 5) is 22.3. The van der Waals surface area contributed by atoms with Gasteiger partial charge in [0.1, 0.15) is 17.7 Å². The first-order chi connectivity index (χ1) is 13.9. The van der Waals surface area contributed by atoms with E-state index in [1.807, 2.05) is 7.05 Å².